The number of rotatable bonds is 20. The van der Waals surface area contributed by atoms with Gasteiger partial charge in [-0.3, -0.25) is 0 Å². The highest BCUT2D eigenvalue weighted by Crippen LogP contribution is 2.23. The van der Waals surface area contributed by atoms with Crippen LogP contribution in [0.5, 0.6) is 34.5 Å². The molecule has 56 heavy (non-hydrogen) atoms. The fourth-order valence-corrected chi connectivity index (χ4v) is 5.40. The van der Waals surface area contributed by atoms with Gasteiger partial charge in [0.25, 0.3) is 0 Å². The molecule has 0 heterocycles. The third kappa shape index (κ3) is 12.9. The van der Waals surface area contributed by atoms with Crippen LogP contribution in [0.1, 0.15) is 107 Å². The second-order valence-corrected chi connectivity index (χ2v) is 12.9. The van der Waals surface area contributed by atoms with Crippen LogP contribution in [-0.4, -0.2) is 37.1 Å². The van der Waals surface area contributed by atoms with Crippen LogP contribution in [0.2, 0.25) is 0 Å². The molecule has 0 aliphatic rings. The molecule has 0 saturated carbocycles. The molecule has 0 aliphatic carbocycles. The van der Waals surface area contributed by atoms with Gasteiger partial charge in [0.2, 0.25) is 0 Å². The fraction of sp³-hybridized carbons (Fsp3) is 0.261. The number of unbranched alkanes of at least 4 members (excludes halogenated alkanes) is 6. The highest BCUT2D eigenvalue weighted by atomic mass is 16.5. The second-order valence-electron chi connectivity index (χ2n) is 12.9. The van der Waals surface area contributed by atoms with Crippen molar-refractivity contribution < 1.29 is 47.6 Å². The summed E-state index contributed by atoms with van der Waals surface area (Å²) in [5.41, 5.74) is 0.751. The van der Waals surface area contributed by atoms with E-state index in [0.717, 1.165) is 25.7 Å². The minimum absolute atomic E-state index is 0.112. The summed E-state index contributed by atoms with van der Waals surface area (Å²) in [5.74, 6) is -0.0295. The molecule has 0 atom stereocenters. The van der Waals surface area contributed by atoms with E-state index in [1.54, 1.807) is 48.5 Å². The lowest BCUT2D eigenvalue weighted by molar-refractivity contribution is 0.0722. The van der Waals surface area contributed by atoms with Crippen LogP contribution in [0.4, 0.5) is 0 Å². The van der Waals surface area contributed by atoms with E-state index in [0.29, 0.717) is 36.2 Å². The van der Waals surface area contributed by atoms with E-state index in [-0.39, 0.29) is 33.8 Å². The molecule has 5 aromatic rings. The Bertz CT molecular complexity index is 1880. The molecular weight excluding hydrogens is 712 g/mol. The first-order valence-corrected chi connectivity index (χ1v) is 19.0. The summed E-state index contributed by atoms with van der Waals surface area (Å²) in [6.45, 7) is 5.60. The number of ether oxygens (including phenoxy) is 6. The summed E-state index contributed by atoms with van der Waals surface area (Å²) < 4.78 is 33.4. The fourth-order valence-electron chi connectivity index (χ4n) is 5.40. The van der Waals surface area contributed by atoms with Gasteiger partial charge in [0.1, 0.15) is 34.5 Å². The first kappa shape index (κ1) is 40.8. The Kier molecular flexibility index (Phi) is 15.6. The molecule has 10 heteroatoms. The number of carbonyl (C=O) groups is 4. The van der Waals surface area contributed by atoms with Gasteiger partial charge in [0.15, 0.2) is 0 Å². The molecule has 0 unspecified atom stereocenters. The number of hydrogen-bond donors (Lipinski definition) is 0. The maximum absolute atomic E-state index is 12.9. The van der Waals surface area contributed by atoms with Gasteiger partial charge in [-0.05, 0) is 128 Å². The van der Waals surface area contributed by atoms with Crippen molar-refractivity contribution in [3.8, 4) is 34.5 Å². The second kappa shape index (κ2) is 21.5. The van der Waals surface area contributed by atoms with Crippen LogP contribution >= 0.6 is 0 Å². The molecule has 0 aromatic heterocycles. The van der Waals surface area contributed by atoms with Gasteiger partial charge in [-0.2, -0.15) is 0 Å². The molecule has 0 aliphatic heterocycles. The predicted octanol–water partition coefficient (Wildman–Crippen LogP) is 10.5. The third-order valence-electron chi connectivity index (χ3n) is 8.54. The predicted molar refractivity (Wildman–Crippen MR) is 211 cm³/mol. The largest absolute Gasteiger partial charge is 0.494 e. The van der Waals surface area contributed by atoms with Crippen LogP contribution in [0, 0.1) is 0 Å². The van der Waals surface area contributed by atoms with Crippen LogP contribution in [0.3, 0.4) is 0 Å². The molecule has 0 spiro atoms. The van der Waals surface area contributed by atoms with E-state index >= 15 is 0 Å². The molecule has 5 aromatic carbocycles. The lowest BCUT2D eigenvalue weighted by Gasteiger charge is -2.09. The number of hydrogen-bond acceptors (Lipinski definition) is 10. The average molecular weight is 759 g/mol. The molecule has 0 N–H and O–H groups in total. The zero-order valence-corrected chi connectivity index (χ0v) is 31.7. The van der Waals surface area contributed by atoms with E-state index < -0.39 is 23.9 Å². The first-order valence-electron chi connectivity index (χ1n) is 19.0. The van der Waals surface area contributed by atoms with Crippen LogP contribution < -0.4 is 28.4 Å². The maximum Gasteiger partial charge on any atom is 0.343 e. The smallest absolute Gasteiger partial charge is 0.343 e. The summed E-state index contributed by atoms with van der Waals surface area (Å²) in [7, 11) is 0. The quantitative estimate of drug-likeness (QED) is 0.0430. The molecule has 0 saturated heterocycles. The van der Waals surface area contributed by atoms with Crippen LogP contribution in [0.25, 0.3) is 0 Å². The lowest BCUT2D eigenvalue weighted by Crippen LogP contribution is -2.13. The van der Waals surface area contributed by atoms with Gasteiger partial charge >= 0.3 is 23.9 Å². The summed E-state index contributed by atoms with van der Waals surface area (Å²) in [4.78, 5) is 51.3. The van der Waals surface area contributed by atoms with Crippen molar-refractivity contribution in [3.05, 3.63) is 144 Å². The van der Waals surface area contributed by atoms with E-state index in [4.69, 9.17) is 28.4 Å². The topological polar surface area (TPSA) is 124 Å². The van der Waals surface area contributed by atoms with Gasteiger partial charge in [-0.15, -0.1) is 0 Å². The molecule has 0 amide bonds. The minimum Gasteiger partial charge on any atom is -0.494 e. The summed E-state index contributed by atoms with van der Waals surface area (Å²) in [5, 5.41) is 0. The van der Waals surface area contributed by atoms with Gasteiger partial charge in [0, 0.05) is 0 Å². The van der Waals surface area contributed by atoms with Crippen molar-refractivity contribution >= 4 is 23.9 Å². The van der Waals surface area contributed by atoms with Crippen LogP contribution in [-0.2, 0) is 0 Å². The zero-order valence-electron chi connectivity index (χ0n) is 31.7. The maximum atomic E-state index is 12.9. The van der Waals surface area contributed by atoms with Crippen molar-refractivity contribution in [1.29, 1.82) is 0 Å². The van der Waals surface area contributed by atoms with Crippen molar-refractivity contribution in [2.75, 3.05) is 13.2 Å². The summed E-state index contributed by atoms with van der Waals surface area (Å²) >= 11 is 0. The van der Waals surface area contributed by atoms with Crippen molar-refractivity contribution in [1.82, 2.24) is 0 Å². The van der Waals surface area contributed by atoms with Crippen molar-refractivity contribution in [2.24, 2.45) is 0 Å². The van der Waals surface area contributed by atoms with Gasteiger partial charge in [0.05, 0.1) is 35.5 Å². The Morgan fingerprint density at radius 3 is 1.00 bits per heavy atom. The SMILES string of the molecule is CCCCCCOc1ccc(OC(=O)c2ccc(OC(=O)c3cccc(C(=O)Oc4ccc(C(=O)Oc5ccc(OCCCCCC)cc5)cc4)c3)cc2)cc1. The molecule has 10 nitrogen and oxygen atoms in total. The monoisotopic (exact) mass is 758 g/mol. The third-order valence-corrected chi connectivity index (χ3v) is 8.54. The number of esters is 4. The molecule has 290 valence electrons. The molecule has 0 radical (unpaired) electrons. The average Bonchev–Trinajstić information content (AvgIpc) is 3.22. The van der Waals surface area contributed by atoms with E-state index in [1.165, 1.54) is 98.5 Å². The molecule has 5 rings (SSSR count). The Balaban J connectivity index is 1.07. The summed E-state index contributed by atoms with van der Waals surface area (Å²) in [6, 6.07) is 31.4. The number of carbonyl (C=O) groups excluding carboxylic acids is 4. The Morgan fingerprint density at radius 1 is 0.357 bits per heavy atom. The normalized spacial score (nSPS) is 10.6. The summed E-state index contributed by atoms with van der Waals surface area (Å²) in [6.07, 6.45) is 8.93. The molecule has 0 fully saturated rings. The van der Waals surface area contributed by atoms with E-state index in [2.05, 4.69) is 13.8 Å². The highest BCUT2D eigenvalue weighted by molar-refractivity contribution is 5.97. The first-order chi connectivity index (χ1) is 27.3. The Morgan fingerprint density at radius 2 is 0.661 bits per heavy atom. The van der Waals surface area contributed by atoms with Gasteiger partial charge < -0.3 is 28.4 Å². The Hall–Kier alpha value is -6.42. The van der Waals surface area contributed by atoms with E-state index in [1.807, 2.05) is 0 Å². The van der Waals surface area contributed by atoms with Crippen molar-refractivity contribution in [2.45, 2.75) is 65.2 Å². The molecular formula is C46H46O10. The van der Waals surface area contributed by atoms with Gasteiger partial charge in [-0.25, -0.2) is 19.2 Å². The van der Waals surface area contributed by atoms with E-state index in [9.17, 15) is 19.2 Å². The van der Waals surface area contributed by atoms with Crippen LogP contribution in [0.15, 0.2) is 121 Å². The highest BCUT2D eigenvalue weighted by Gasteiger charge is 2.16. The van der Waals surface area contributed by atoms with Crippen molar-refractivity contribution in [3.63, 3.8) is 0 Å². The lowest BCUT2D eigenvalue weighted by atomic mass is 10.1. The minimum atomic E-state index is -0.713. The van der Waals surface area contributed by atoms with Gasteiger partial charge in [-0.1, -0.05) is 58.4 Å². The molecule has 0 bridgehead atoms. The zero-order chi connectivity index (χ0) is 39.5. The standard InChI is InChI=1S/C46H46O10/c1-3-5-7-9-30-51-37-22-26-41(27-23-37)53-43(47)33-14-18-39(19-15-33)55-45(49)35-12-11-13-36(32-35)46(50)56-40-20-16-34(17-21-40)44(48)54-42-28-24-38(25-29-42)52-31-10-8-6-4-2/h11-29,32H,3-10,30-31H2,1-2H3. The Labute approximate surface area is 327 Å². The number of benzene rings is 5.